The molecule has 0 radical (unpaired) electrons. The molecule has 4 nitrogen and oxygen atoms in total. The minimum Gasteiger partial charge on any atom is -0.394 e. The van der Waals surface area contributed by atoms with E-state index >= 15 is 0 Å². The van der Waals surface area contributed by atoms with Gasteiger partial charge in [-0.05, 0) is 6.42 Å². The summed E-state index contributed by atoms with van der Waals surface area (Å²) in [7, 11) is 0. The van der Waals surface area contributed by atoms with Gasteiger partial charge in [0.1, 0.15) is 0 Å². The van der Waals surface area contributed by atoms with Crippen LogP contribution < -0.4 is 0 Å². The average Bonchev–Trinajstić information content (AvgIpc) is 2.36. The third-order valence-corrected chi connectivity index (χ3v) is 1.37. The number of nitrogens with zero attached hydrogens (tertiary/aromatic N) is 3. The molecule has 0 fully saturated rings. The number of aliphatic hydroxyl groups is 1. The predicted molar refractivity (Wildman–Crippen MR) is 36.5 cm³/mol. The van der Waals surface area contributed by atoms with Crippen LogP contribution in [0.2, 0.25) is 0 Å². The highest BCUT2D eigenvalue weighted by molar-refractivity contribution is 4.92. The number of aliphatic hydroxyl groups excluding tert-OH is 1. The van der Waals surface area contributed by atoms with Crippen LogP contribution >= 0.6 is 0 Å². The largest absolute Gasteiger partial charge is 0.394 e. The first-order valence-electron chi connectivity index (χ1n) is 3.36. The highest BCUT2D eigenvalue weighted by Crippen LogP contribution is 1.95. The van der Waals surface area contributed by atoms with E-state index in [2.05, 4.69) is 10.3 Å². The summed E-state index contributed by atoms with van der Waals surface area (Å²) in [4.78, 5) is 0. The van der Waals surface area contributed by atoms with Crippen LogP contribution in [0.3, 0.4) is 0 Å². The molecule has 0 aliphatic heterocycles. The molecule has 0 saturated heterocycles. The first kappa shape index (κ1) is 7.21. The predicted octanol–water partition coefficient (Wildman–Crippen LogP) is -0.167. The zero-order valence-corrected chi connectivity index (χ0v) is 5.99. The maximum Gasteiger partial charge on any atom is 0.0725 e. The van der Waals surface area contributed by atoms with Crippen LogP contribution in [-0.2, 0) is 13.0 Å². The van der Waals surface area contributed by atoms with Crippen molar-refractivity contribution in [1.82, 2.24) is 15.0 Å². The van der Waals surface area contributed by atoms with E-state index in [1.54, 1.807) is 10.9 Å². The molecule has 1 aromatic heterocycles. The molecule has 56 valence electrons. The van der Waals surface area contributed by atoms with Crippen molar-refractivity contribution in [2.24, 2.45) is 0 Å². The standard InChI is InChI=1S/C6H11N3O/c1-2-6-5-7-8-9(6)3-4-10/h5,10H,2-4H2,1H3. The third kappa shape index (κ3) is 1.33. The highest BCUT2D eigenvalue weighted by Gasteiger charge is 1.98. The molecule has 0 amide bonds. The average molecular weight is 141 g/mol. The van der Waals surface area contributed by atoms with Crippen molar-refractivity contribution < 1.29 is 5.11 Å². The fourth-order valence-corrected chi connectivity index (χ4v) is 0.836. The molecule has 1 rings (SSSR count). The molecule has 0 saturated carbocycles. The summed E-state index contributed by atoms with van der Waals surface area (Å²) >= 11 is 0. The van der Waals surface area contributed by atoms with Gasteiger partial charge in [0.25, 0.3) is 0 Å². The maximum absolute atomic E-state index is 8.57. The lowest BCUT2D eigenvalue weighted by Crippen LogP contribution is -2.07. The molecular formula is C6H11N3O. The summed E-state index contributed by atoms with van der Waals surface area (Å²) in [6, 6.07) is 0. The van der Waals surface area contributed by atoms with Gasteiger partial charge in [0.05, 0.1) is 25.0 Å². The van der Waals surface area contributed by atoms with E-state index in [1.807, 2.05) is 6.92 Å². The zero-order valence-electron chi connectivity index (χ0n) is 5.99. The Bertz CT molecular complexity index is 197. The first-order chi connectivity index (χ1) is 4.88. The van der Waals surface area contributed by atoms with Gasteiger partial charge < -0.3 is 5.11 Å². The Hall–Kier alpha value is -0.900. The smallest absolute Gasteiger partial charge is 0.0725 e. The van der Waals surface area contributed by atoms with E-state index in [9.17, 15) is 0 Å². The molecule has 4 heteroatoms. The van der Waals surface area contributed by atoms with Gasteiger partial charge in [-0.25, -0.2) is 4.68 Å². The van der Waals surface area contributed by atoms with Crippen molar-refractivity contribution in [3.8, 4) is 0 Å². The summed E-state index contributed by atoms with van der Waals surface area (Å²) in [5, 5.41) is 16.1. The Morgan fingerprint density at radius 1 is 1.70 bits per heavy atom. The van der Waals surface area contributed by atoms with Crippen molar-refractivity contribution in [2.75, 3.05) is 6.61 Å². The van der Waals surface area contributed by atoms with Gasteiger partial charge in [0.2, 0.25) is 0 Å². The third-order valence-electron chi connectivity index (χ3n) is 1.37. The molecule has 0 bridgehead atoms. The van der Waals surface area contributed by atoms with E-state index in [0.717, 1.165) is 12.1 Å². The Labute approximate surface area is 59.5 Å². The van der Waals surface area contributed by atoms with Gasteiger partial charge in [0, 0.05) is 0 Å². The Balaban J connectivity index is 2.70. The summed E-state index contributed by atoms with van der Waals surface area (Å²) in [5.74, 6) is 0. The minimum absolute atomic E-state index is 0.121. The summed E-state index contributed by atoms with van der Waals surface area (Å²) < 4.78 is 1.71. The van der Waals surface area contributed by atoms with Crippen molar-refractivity contribution in [2.45, 2.75) is 19.9 Å². The summed E-state index contributed by atoms with van der Waals surface area (Å²) in [5.41, 5.74) is 1.06. The number of aryl methyl sites for hydroxylation is 1. The SMILES string of the molecule is CCc1cnnn1CCO. The van der Waals surface area contributed by atoms with Gasteiger partial charge >= 0.3 is 0 Å². The number of hydrogen-bond acceptors (Lipinski definition) is 3. The lowest BCUT2D eigenvalue weighted by Gasteiger charge is -1.99. The van der Waals surface area contributed by atoms with Gasteiger partial charge in [0.15, 0.2) is 0 Å². The van der Waals surface area contributed by atoms with Crippen molar-refractivity contribution in [3.63, 3.8) is 0 Å². The van der Waals surface area contributed by atoms with Gasteiger partial charge in [-0.3, -0.25) is 0 Å². The van der Waals surface area contributed by atoms with Crippen molar-refractivity contribution in [3.05, 3.63) is 11.9 Å². The minimum atomic E-state index is 0.121. The summed E-state index contributed by atoms with van der Waals surface area (Å²) in [6.45, 7) is 2.70. The molecule has 0 aliphatic rings. The monoisotopic (exact) mass is 141 g/mol. The van der Waals surface area contributed by atoms with Crippen molar-refractivity contribution in [1.29, 1.82) is 0 Å². The number of rotatable bonds is 3. The molecule has 1 aromatic rings. The summed E-state index contributed by atoms with van der Waals surface area (Å²) in [6.07, 6.45) is 2.63. The topological polar surface area (TPSA) is 50.9 Å². The Kier molecular flexibility index (Phi) is 2.39. The second-order valence-electron chi connectivity index (χ2n) is 2.03. The van der Waals surface area contributed by atoms with Gasteiger partial charge in [-0.2, -0.15) is 0 Å². The van der Waals surface area contributed by atoms with Crippen LogP contribution in [-0.4, -0.2) is 26.7 Å². The zero-order chi connectivity index (χ0) is 7.40. The maximum atomic E-state index is 8.57. The van der Waals surface area contributed by atoms with Gasteiger partial charge in [-0.1, -0.05) is 12.1 Å². The highest BCUT2D eigenvalue weighted by atomic mass is 16.3. The van der Waals surface area contributed by atoms with E-state index in [0.29, 0.717) is 6.54 Å². The molecule has 0 atom stereocenters. The lowest BCUT2D eigenvalue weighted by atomic mass is 10.4. The Morgan fingerprint density at radius 2 is 2.50 bits per heavy atom. The van der Waals surface area contributed by atoms with Crippen molar-refractivity contribution >= 4 is 0 Å². The van der Waals surface area contributed by atoms with Crippen LogP contribution in [0.1, 0.15) is 12.6 Å². The first-order valence-corrected chi connectivity index (χ1v) is 3.36. The van der Waals surface area contributed by atoms with Crippen LogP contribution in [0.25, 0.3) is 0 Å². The molecule has 10 heavy (non-hydrogen) atoms. The van der Waals surface area contributed by atoms with E-state index in [1.165, 1.54) is 0 Å². The molecule has 1 heterocycles. The fraction of sp³-hybridized carbons (Fsp3) is 0.667. The molecule has 0 aliphatic carbocycles. The van der Waals surface area contributed by atoms with E-state index in [4.69, 9.17) is 5.11 Å². The van der Waals surface area contributed by atoms with Crippen LogP contribution in [0.15, 0.2) is 6.20 Å². The molecule has 0 unspecified atom stereocenters. The molecular weight excluding hydrogens is 130 g/mol. The number of aromatic nitrogens is 3. The Morgan fingerprint density at radius 3 is 3.10 bits per heavy atom. The normalized spacial score (nSPS) is 10.2. The second-order valence-corrected chi connectivity index (χ2v) is 2.03. The molecule has 1 N–H and O–H groups in total. The van der Waals surface area contributed by atoms with E-state index < -0.39 is 0 Å². The van der Waals surface area contributed by atoms with Crippen LogP contribution in [0.4, 0.5) is 0 Å². The second kappa shape index (κ2) is 3.31. The fourth-order valence-electron chi connectivity index (χ4n) is 0.836. The van der Waals surface area contributed by atoms with Crippen LogP contribution in [0, 0.1) is 0 Å². The number of hydrogen-bond donors (Lipinski definition) is 1. The lowest BCUT2D eigenvalue weighted by molar-refractivity contribution is 0.266. The quantitative estimate of drug-likeness (QED) is 0.636. The van der Waals surface area contributed by atoms with E-state index in [-0.39, 0.29) is 6.61 Å². The van der Waals surface area contributed by atoms with Gasteiger partial charge in [-0.15, -0.1) is 5.10 Å². The molecule has 0 spiro atoms. The van der Waals surface area contributed by atoms with Crippen LogP contribution in [0.5, 0.6) is 0 Å². The molecule has 0 aromatic carbocycles.